The van der Waals surface area contributed by atoms with Crippen LogP contribution in [0.3, 0.4) is 0 Å². The second-order valence-electron chi connectivity index (χ2n) is 9.15. The maximum atomic E-state index is 14.3. The lowest BCUT2D eigenvalue weighted by molar-refractivity contribution is -0.143. The summed E-state index contributed by atoms with van der Waals surface area (Å²) in [5.41, 5.74) is 0.622. The van der Waals surface area contributed by atoms with Crippen LogP contribution in [0, 0.1) is 11.8 Å². The van der Waals surface area contributed by atoms with Crippen LogP contribution < -0.4 is 4.74 Å². The Balaban J connectivity index is 1.67. The van der Waals surface area contributed by atoms with E-state index in [9.17, 15) is 18.0 Å². The Morgan fingerprint density at radius 3 is 2.33 bits per heavy atom. The van der Waals surface area contributed by atoms with Crippen LogP contribution in [0.4, 0.5) is 13.2 Å². The molecule has 1 aliphatic rings. The van der Waals surface area contributed by atoms with Gasteiger partial charge in [-0.1, -0.05) is 42.5 Å². The van der Waals surface area contributed by atoms with Crippen LogP contribution in [0.5, 0.6) is 5.75 Å². The maximum Gasteiger partial charge on any atom is 0.435 e. The molecule has 3 aromatic rings. The van der Waals surface area contributed by atoms with Gasteiger partial charge in [0.2, 0.25) is 0 Å². The van der Waals surface area contributed by atoms with Gasteiger partial charge in [0.15, 0.2) is 5.69 Å². The molecule has 36 heavy (non-hydrogen) atoms. The molecule has 1 fully saturated rings. The number of alkyl halides is 3. The van der Waals surface area contributed by atoms with Gasteiger partial charge in [-0.3, -0.25) is 4.68 Å². The lowest BCUT2D eigenvalue weighted by atomic mass is 9.82. The summed E-state index contributed by atoms with van der Waals surface area (Å²) in [6.07, 6.45) is -1.34. The fourth-order valence-electron chi connectivity index (χ4n) is 4.87. The third-order valence-electron chi connectivity index (χ3n) is 6.60. The van der Waals surface area contributed by atoms with Gasteiger partial charge < -0.3 is 14.6 Å². The number of benzene rings is 2. The second kappa shape index (κ2) is 11.2. The maximum absolute atomic E-state index is 14.3. The minimum atomic E-state index is -4.63. The Morgan fingerprint density at radius 2 is 1.69 bits per heavy atom. The number of aliphatic carboxylic acids is 1. The zero-order chi connectivity index (χ0) is 25.7. The molecule has 2 aromatic carbocycles. The molecular weight excluding hydrogens is 473 g/mol. The average molecular weight is 503 g/mol. The number of nitrogens with zero attached hydrogens (tertiary/aromatic N) is 2. The van der Waals surface area contributed by atoms with Crippen LogP contribution in [-0.4, -0.2) is 41.2 Å². The zero-order valence-corrected chi connectivity index (χ0v) is 20.0. The Hall–Kier alpha value is -3.33. The summed E-state index contributed by atoms with van der Waals surface area (Å²) >= 11 is 0. The first kappa shape index (κ1) is 25.8. The van der Waals surface area contributed by atoms with Crippen molar-refractivity contribution in [3.63, 3.8) is 0 Å². The molecular formula is C27H29F3N2O4. The SMILES string of the molecule is COc1cccc(-c2c(C(F)(F)F)nn(C[C@H]3CC[C@@H](COCC(=O)O)CC3)c2-c2ccccc2)c1. The van der Waals surface area contributed by atoms with Crippen molar-refractivity contribution in [3.8, 4) is 28.1 Å². The molecule has 6 nitrogen and oxygen atoms in total. The number of hydrogen-bond acceptors (Lipinski definition) is 4. The molecule has 0 unspecified atom stereocenters. The highest BCUT2D eigenvalue weighted by Gasteiger charge is 2.40. The number of carboxylic acids is 1. The van der Waals surface area contributed by atoms with Crippen LogP contribution in [0.1, 0.15) is 31.4 Å². The number of ether oxygens (including phenoxy) is 2. The lowest BCUT2D eigenvalue weighted by Gasteiger charge is -2.28. The first-order chi connectivity index (χ1) is 17.3. The van der Waals surface area contributed by atoms with Crippen molar-refractivity contribution in [2.45, 2.75) is 38.4 Å². The normalized spacial score (nSPS) is 18.2. The van der Waals surface area contributed by atoms with E-state index in [1.807, 2.05) is 6.07 Å². The van der Waals surface area contributed by atoms with Crippen molar-refractivity contribution >= 4 is 5.97 Å². The number of carboxylic acid groups (broad SMARTS) is 1. The lowest BCUT2D eigenvalue weighted by Crippen LogP contribution is -2.23. The van der Waals surface area contributed by atoms with Crippen molar-refractivity contribution in [1.82, 2.24) is 9.78 Å². The van der Waals surface area contributed by atoms with Crippen molar-refractivity contribution in [2.75, 3.05) is 20.3 Å². The molecule has 4 rings (SSSR count). The monoisotopic (exact) mass is 502 g/mol. The van der Waals surface area contributed by atoms with Gasteiger partial charge in [-0.15, -0.1) is 0 Å². The number of hydrogen-bond donors (Lipinski definition) is 1. The van der Waals surface area contributed by atoms with Gasteiger partial charge in [0.1, 0.15) is 12.4 Å². The van der Waals surface area contributed by atoms with Crippen molar-refractivity contribution < 1.29 is 32.5 Å². The third kappa shape index (κ3) is 6.07. The highest BCUT2D eigenvalue weighted by Crippen LogP contribution is 2.44. The molecule has 9 heteroatoms. The highest BCUT2D eigenvalue weighted by molar-refractivity contribution is 5.84. The van der Waals surface area contributed by atoms with Gasteiger partial charge in [-0.05, 0) is 55.2 Å². The van der Waals surface area contributed by atoms with E-state index in [0.717, 1.165) is 25.7 Å². The Labute approximate surface area is 207 Å². The summed E-state index contributed by atoms with van der Waals surface area (Å²) in [6, 6.07) is 15.7. The Kier molecular flexibility index (Phi) is 7.98. The summed E-state index contributed by atoms with van der Waals surface area (Å²) < 4.78 is 54.8. The molecule has 1 aromatic heterocycles. The van der Waals surface area contributed by atoms with Gasteiger partial charge in [0.05, 0.1) is 19.4 Å². The fourth-order valence-corrected chi connectivity index (χ4v) is 4.87. The van der Waals surface area contributed by atoms with Gasteiger partial charge >= 0.3 is 12.1 Å². The molecule has 1 saturated carbocycles. The van der Waals surface area contributed by atoms with Crippen LogP contribution in [0.2, 0.25) is 0 Å². The van der Waals surface area contributed by atoms with Gasteiger partial charge in [-0.25, -0.2) is 4.79 Å². The number of aromatic nitrogens is 2. The molecule has 1 N–H and O–H groups in total. The highest BCUT2D eigenvalue weighted by atomic mass is 19.4. The topological polar surface area (TPSA) is 73.6 Å². The van der Waals surface area contributed by atoms with Crippen molar-refractivity contribution in [2.24, 2.45) is 11.8 Å². The molecule has 0 radical (unpaired) electrons. The predicted octanol–water partition coefficient (Wildman–Crippen LogP) is 6.15. The standard InChI is InChI=1S/C27H29F3N2O4/c1-35-22-9-5-8-21(14-22)24-25(20-6-3-2-4-7-20)32(31-26(24)27(28,29)30)15-18-10-12-19(13-11-18)16-36-17-23(33)34/h2-9,14,18-19H,10-13,15-17H2,1H3,(H,33,34)/t18-,19+. The molecule has 0 amide bonds. The zero-order valence-electron chi connectivity index (χ0n) is 20.0. The Bertz CT molecular complexity index is 1170. The molecule has 0 atom stereocenters. The van der Waals surface area contributed by atoms with E-state index in [0.29, 0.717) is 35.7 Å². The molecule has 192 valence electrons. The Morgan fingerprint density at radius 1 is 1.03 bits per heavy atom. The van der Waals surface area contributed by atoms with E-state index in [2.05, 4.69) is 5.10 Å². The van der Waals surface area contributed by atoms with Crippen molar-refractivity contribution in [1.29, 1.82) is 0 Å². The molecule has 0 spiro atoms. The first-order valence-electron chi connectivity index (χ1n) is 11.9. The summed E-state index contributed by atoms with van der Waals surface area (Å²) in [7, 11) is 1.48. The summed E-state index contributed by atoms with van der Waals surface area (Å²) in [6.45, 7) is 0.426. The van der Waals surface area contributed by atoms with Crippen LogP contribution in [0.15, 0.2) is 54.6 Å². The quantitative estimate of drug-likeness (QED) is 0.380. The van der Waals surface area contributed by atoms with Crippen LogP contribution >= 0.6 is 0 Å². The molecule has 0 saturated heterocycles. The molecule has 1 aliphatic carbocycles. The van der Waals surface area contributed by atoms with Crippen molar-refractivity contribution in [3.05, 3.63) is 60.3 Å². The smallest absolute Gasteiger partial charge is 0.435 e. The largest absolute Gasteiger partial charge is 0.497 e. The van der Waals surface area contributed by atoms with Crippen LogP contribution in [-0.2, 0) is 22.3 Å². The summed E-state index contributed by atoms with van der Waals surface area (Å²) in [4.78, 5) is 10.7. The molecule has 0 aliphatic heterocycles. The third-order valence-corrected chi connectivity index (χ3v) is 6.60. The van der Waals surface area contributed by atoms with Gasteiger partial charge in [0.25, 0.3) is 0 Å². The summed E-state index contributed by atoms with van der Waals surface area (Å²) in [5.74, 6) is -0.119. The second-order valence-corrected chi connectivity index (χ2v) is 9.15. The minimum absolute atomic E-state index is 0.0448. The number of carbonyl (C=O) groups is 1. The minimum Gasteiger partial charge on any atom is -0.497 e. The fraction of sp³-hybridized carbons (Fsp3) is 0.407. The number of halogens is 3. The van der Waals surface area contributed by atoms with E-state index in [1.165, 1.54) is 11.8 Å². The van der Waals surface area contributed by atoms with E-state index in [1.54, 1.807) is 48.5 Å². The predicted molar refractivity (Wildman–Crippen MR) is 129 cm³/mol. The van der Waals surface area contributed by atoms with Crippen LogP contribution in [0.25, 0.3) is 22.4 Å². The average Bonchev–Trinajstić information content (AvgIpc) is 3.25. The van der Waals surface area contributed by atoms with E-state index < -0.39 is 17.8 Å². The van der Waals surface area contributed by atoms with E-state index >= 15 is 0 Å². The van der Waals surface area contributed by atoms with E-state index in [-0.39, 0.29) is 24.0 Å². The summed E-state index contributed by atoms with van der Waals surface area (Å²) in [5, 5.41) is 12.9. The van der Waals surface area contributed by atoms with Gasteiger partial charge in [-0.2, -0.15) is 18.3 Å². The van der Waals surface area contributed by atoms with E-state index in [4.69, 9.17) is 14.6 Å². The molecule has 0 bridgehead atoms. The number of rotatable bonds is 9. The number of methoxy groups -OCH3 is 1. The van der Waals surface area contributed by atoms with Gasteiger partial charge in [0, 0.05) is 17.7 Å². The first-order valence-corrected chi connectivity index (χ1v) is 11.9. The molecule has 1 heterocycles.